The zero-order chi connectivity index (χ0) is 7.68. The first-order valence-corrected chi connectivity index (χ1v) is 4.96. The quantitative estimate of drug-likeness (QED) is 0.579. The van der Waals surface area contributed by atoms with Crippen LogP contribution in [0.15, 0.2) is 30.6 Å². The van der Waals surface area contributed by atoms with E-state index in [-0.39, 0.29) is 0 Å². The van der Waals surface area contributed by atoms with Gasteiger partial charge in [-0.1, -0.05) is 18.7 Å². The molecule has 3 heteroatoms. The molecule has 0 spiro atoms. The van der Waals surface area contributed by atoms with E-state index in [0.717, 1.165) is 15.2 Å². The summed E-state index contributed by atoms with van der Waals surface area (Å²) in [5.41, 5.74) is 2.31. The number of fused-ring (bicyclic) bond motifs is 1. The molecule has 0 fully saturated rings. The van der Waals surface area contributed by atoms with Crippen molar-refractivity contribution in [2.45, 2.75) is 6.55 Å². The molecule has 0 N–H and O–H groups in total. The predicted molar refractivity (Wildman–Crippen MR) is 46.7 cm³/mol. The third kappa shape index (κ3) is 0.972. The van der Waals surface area contributed by atoms with Gasteiger partial charge in [-0.05, 0) is 12.1 Å². The maximum atomic E-state index is 4.26. The third-order valence-electron chi connectivity index (χ3n) is 1.69. The summed E-state index contributed by atoms with van der Waals surface area (Å²) in [5.74, 6) is 0. The average Bonchev–Trinajstić information content (AvgIpc) is 2.47. The summed E-state index contributed by atoms with van der Waals surface area (Å²) < 4.78 is 2.16. The van der Waals surface area contributed by atoms with Crippen LogP contribution in [0.25, 0.3) is 11.0 Å². The molecule has 11 heavy (non-hydrogen) atoms. The van der Waals surface area contributed by atoms with Crippen LogP contribution in [-0.2, 0) is 0 Å². The maximum Gasteiger partial charge on any atom is 0.185 e. The van der Waals surface area contributed by atoms with Crippen molar-refractivity contribution in [3.05, 3.63) is 30.6 Å². The van der Waals surface area contributed by atoms with E-state index >= 15 is 0 Å². The van der Waals surface area contributed by atoms with Gasteiger partial charge < -0.3 is 4.23 Å². The minimum absolute atomic E-state index is 0.762. The summed E-state index contributed by atoms with van der Waals surface area (Å²) in [6, 6.07) is 8.18. The molecule has 0 unspecified atom stereocenters. The fraction of sp³-hybridized carbons (Fsp3) is 0.125. The van der Waals surface area contributed by atoms with Crippen LogP contribution in [0.1, 0.15) is 0 Å². The number of benzene rings is 1. The van der Waals surface area contributed by atoms with Crippen molar-refractivity contribution >= 4 is 20.7 Å². The van der Waals surface area contributed by atoms with Crippen LogP contribution in [0.2, 0.25) is 6.55 Å². The lowest BCUT2D eigenvalue weighted by Gasteiger charge is -1.94. The van der Waals surface area contributed by atoms with Gasteiger partial charge in [0.2, 0.25) is 0 Å². The van der Waals surface area contributed by atoms with Gasteiger partial charge in [-0.2, -0.15) is 0 Å². The van der Waals surface area contributed by atoms with Gasteiger partial charge in [-0.15, -0.1) is 0 Å². The first-order valence-electron chi connectivity index (χ1n) is 3.51. The van der Waals surface area contributed by atoms with Crippen LogP contribution < -0.4 is 0 Å². The summed E-state index contributed by atoms with van der Waals surface area (Å²) in [4.78, 5) is 4.26. The molecule has 1 heterocycles. The molecule has 0 bridgehead atoms. The molecule has 0 aliphatic carbocycles. The number of hydrogen-bond acceptors (Lipinski definition) is 1. The highest BCUT2D eigenvalue weighted by atomic mass is 28.2. The molecule has 0 amide bonds. The highest BCUT2D eigenvalue weighted by Gasteiger charge is 1.97. The number of aromatic nitrogens is 2. The molecule has 2 rings (SSSR count). The number of rotatable bonds is 1. The van der Waals surface area contributed by atoms with Crippen molar-refractivity contribution in [3.8, 4) is 0 Å². The second-order valence-corrected chi connectivity index (χ2v) is 3.26. The second kappa shape index (κ2) is 2.51. The summed E-state index contributed by atoms with van der Waals surface area (Å²) >= 11 is 0. The predicted octanol–water partition coefficient (Wildman–Crippen LogP) is 1.55. The van der Waals surface area contributed by atoms with E-state index in [2.05, 4.69) is 21.8 Å². The number of imidazole rings is 1. The Hall–Kier alpha value is -1.09. The summed E-state index contributed by atoms with van der Waals surface area (Å²) in [5, 5.41) is 0. The van der Waals surface area contributed by atoms with Gasteiger partial charge in [0.05, 0.1) is 17.4 Å². The fourth-order valence-electron chi connectivity index (χ4n) is 1.14. The lowest BCUT2D eigenvalue weighted by molar-refractivity contribution is 1.23. The van der Waals surface area contributed by atoms with Gasteiger partial charge in [0.1, 0.15) is 0 Å². The minimum Gasteiger partial charge on any atom is -0.359 e. The standard InChI is InChI=1S/C8H8N2Si/c1-11-10-6-9-7-4-2-3-5-8(7)10/h2-6H,1H3. The molecule has 2 radical (unpaired) electrons. The molecular formula is C8H8N2Si. The molecule has 2 nitrogen and oxygen atoms in total. The van der Waals surface area contributed by atoms with Gasteiger partial charge in [-0.3, -0.25) is 0 Å². The number of hydrogen-bond donors (Lipinski definition) is 0. The molecule has 54 valence electrons. The van der Waals surface area contributed by atoms with E-state index in [0.29, 0.717) is 0 Å². The van der Waals surface area contributed by atoms with E-state index < -0.39 is 0 Å². The van der Waals surface area contributed by atoms with Crippen molar-refractivity contribution in [3.63, 3.8) is 0 Å². The van der Waals surface area contributed by atoms with Crippen molar-refractivity contribution in [1.82, 2.24) is 9.22 Å². The first-order chi connectivity index (χ1) is 5.42. The largest absolute Gasteiger partial charge is 0.359 e. The Balaban J connectivity index is 2.76. The van der Waals surface area contributed by atoms with Crippen LogP contribution in [-0.4, -0.2) is 18.9 Å². The van der Waals surface area contributed by atoms with Gasteiger partial charge >= 0.3 is 0 Å². The van der Waals surface area contributed by atoms with Crippen LogP contribution >= 0.6 is 0 Å². The zero-order valence-corrected chi connectivity index (χ0v) is 7.28. The van der Waals surface area contributed by atoms with E-state index in [1.807, 2.05) is 24.5 Å². The fourth-order valence-corrected chi connectivity index (χ4v) is 1.74. The smallest absolute Gasteiger partial charge is 0.185 e. The van der Waals surface area contributed by atoms with Gasteiger partial charge in [0.25, 0.3) is 0 Å². The molecule has 1 aromatic carbocycles. The highest BCUT2D eigenvalue weighted by Crippen LogP contribution is 2.09. The van der Waals surface area contributed by atoms with E-state index in [1.54, 1.807) is 0 Å². The third-order valence-corrected chi connectivity index (χ3v) is 2.53. The van der Waals surface area contributed by atoms with Crippen molar-refractivity contribution < 1.29 is 0 Å². The SMILES string of the molecule is C[Si]n1cnc2ccccc21. The molecule has 0 atom stereocenters. The van der Waals surface area contributed by atoms with E-state index in [4.69, 9.17) is 0 Å². The van der Waals surface area contributed by atoms with Crippen LogP contribution in [0, 0.1) is 0 Å². The Morgan fingerprint density at radius 3 is 3.00 bits per heavy atom. The number of para-hydroxylation sites is 2. The van der Waals surface area contributed by atoms with Crippen molar-refractivity contribution in [1.29, 1.82) is 0 Å². The topological polar surface area (TPSA) is 17.8 Å². The molecule has 0 aliphatic rings. The number of nitrogens with zero attached hydrogens (tertiary/aromatic N) is 2. The maximum absolute atomic E-state index is 4.26. The second-order valence-electron chi connectivity index (χ2n) is 2.33. The van der Waals surface area contributed by atoms with Gasteiger partial charge in [-0.25, -0.2) is 4.98 Å². The van der Waals surface area contributed by atoms with Crippen LogP contribution in [0.3, 0.4) is 0 Å². The molecular weight excluding hydrogens is 152 g/mol. The summed E-state index contributed by atoms with van der Waals surface area (Å²) in [6.45, 7) is 2.15. The minimum atomic E-state index is 0.762. The molecule has 0 aliphatic heterocycles. The molecule has 0 saturated carbocycles. The summed E-state index contributed by atoms with van der Waals surface area (Å²) in [6.07, 6.45) is 1.89. The Bertz CT molecular complexity index is 367. The van der Waals surface area contributed by atoms with Crippen LogP contribution in [0.5, 0.6) is 0 Å². The molecule has 2 aromatic rings. The average molecular weight is 160 g/mol. The molecule has 1 aromatic heterocycles. The Morgan fingerprint density at radius 2 is 2.18 bits per heavy atom. The zero-order valence-electron chi connectivity index (χ0n) is 6.28. The van der Waals surface area contributed by atoms with E-state index in [9.17, 15) is 0 Å². The van der Waals surface area contributed by atoms with Gasteiger partial charge in [0.15, 0.2) is 9.68 Å². The van der Waals surface area contributed by atoms with E-state index in [1.165, 1.54) is 5.52 Å². The molecule has 0 saturated heterocycles. The van der Waals surface area contributed by atoms with Gasteiger partial charge in [0, 0.05) is 0 Å². The Labute approximate surface area is 67.8 Å². The van der Waals surface area contributed by atoms with Crippen molar-refractivity contribution in [2.75, 3.05) is 0 Å². The highest BCUT2D eigenvalue weighted by molar-refractivity contribution is 6.33. The summed E-state index contributed by atoms with van der Waals surface area (Å²) in [7, 11) is 0.762. The Kier molecular flexibility index (Phi) is 1.51. The first kappa shape index (κ1) is 6.61. The van der Waals surface area contributed by atoms with Crippen LogP contribution in [0.4, 0.5) is 0 Å². The Morgan fingerprint density at radius 1 is 1.36 bits per heavy atom. The normalized spacial score (nSPS) is 10.6. The monoisotopic (exact) mass is 160 g/mol. The van der Waals surface area contributed by atoms with Crippen molar-refractivity contribution in [2.24, 2.45) is 0 Å². The lowest BCUT2D eigenvalue weighted by atomic mass is 10.3. The lowest BCUT2D eigenvalue weighted by Crippen LogP contribution is -1.97.